The smallest absolute Gasteiger partial charge is 0.253 e. The van der Waals surface area contributed by atoms with Gasteiger partial charge in [-0.1, -0.05) is 11.6 Å². The quantitative estimate of drug-likeness (QED) is 0.759. The van der Waals surface area contributed by atoms with Crippen molar-refractivity contribution < 1.29 is 14.3 Å². The van der Waals surface area contributed by atoms with Gasteiger partial charge in [0.05, 0.1) is 23.4 Å². The molecule has 1 amide bonds. The monoisotopic (exact) mass is 300 g/mol. The van der Waals surface area contributed by atoms with Crippen molar-refractivity contribution in [3.8, 4) is 0 Å². The van der Waals surface area contributed by atoms with E-state index in [-0.39, 0.29) is 12.0 Å². The second-order valence-corrected chi connectivity index (χ2v) is 4.88. The molecule has 2 atom stereocenters. The third-order valence-electron chi connectivity index (χ3n) is 2.63. The van der Waals surface area contributed by atoms with Gasteiger partial charge in [0, 0.05) is 12.3 Å². The van der Waals surface area contributed by atoms with Crippen molar-refractivity contribution in [1.29, 1.82) is 0 Å². The molecule has 6 heteroatoms. The molecule has 0 aliphatic heterocycles. The number of rotatable bonds is 7. The highest BCUT2D eigenvalue weighted by Crippen LogP contribution is 2.22. The van der Waals surface area contributed by atoms with Crippen molar-refractivity contribution in [2.24, 2.45) is 0 Å². The van der Waals surface area contributed by atoms with Crippen molar-refractivity contribution >= 4 is 28.9 Å². The van der Waals surface area contributed by atoms with Crippen molar-refractivity contribution in [1.82, 2.24) is 0 Å². The van der Waals surface area contributed by atoms with Crippen LogP contribution in [0.1, 0.15) is 20.8 Å². The van der Waals surface area contributed by atoms with Crippen LogP contribution in [-0.4, -0.2) is 31.3 Å². The minimum Gasteiger partial charge on any atom is -0.397 e. The first-order chi connectivity index (χ1) is 9.43. The van der Waals surface area contributed by atoms with Crippen LogP contribution in [0.4, 0.5) is 11.4 Å². The normalized spacial score (nSPS) is 13.8. The molecule has 20 heavy (non-hydrogen) atoms. The summed E-state index contributed by atoms with van der Waals surface area (Å²) in [7, 11) is 0. The Kier molecular flexibility index (Phi) is 6.78. The van der Waals surface area contributed by atoms with Gasteiger partial charge in [-0.05, 0) is 39.0 Å². The van der Waals surface area contributed by atoms with Gasteiger partial charge in [-0.25, -0.2) is 0 Å². The number of nitrogen functional groups attached to an aromatic ring is 1. The van der Waals surface area contributed by atoms with Crippen LogP contribution in [0.25, 0.3) is 0 Å². The number of ether oxygens (including phenoxy) is 2. The number of anilines is 2. The van der Waals surface area contributed by atoms with Gasteiger partial charge >= 0.3 is 0 Å². The fraction of sp³-hybridized carbons (Fsp3) is 0.500. The van der Waals surface area contributed by atoms with E-state index in [4.69, 9.17) is 26.8 Å². The van der Waals surface area contributed by atoms with E-state index in [1.165, 1.54) is 0 Å². The number of carbonyl (C=O) groups is 1. The average Bonchev–Trinajstić information content (AvgIpc) is 2.40. The molecule has 5 nitrogen and oxygen atoms in total. The molecule has 0 radical (unpaired) electrons. The number of amides is 1. The second kappa shape index (κ2) is 8.09. The number of hydrogen-bond donors (Lipinski definition) is 2. The maximum Gasteiger partial charge on any atom is 0.253 e. The highest BCUT2D eigenvalue weighted by molar-refractivity contribution is 6.33. The van der Waals surface area contributed by atoms with E-state index in [1.807, 2.05) is 13.8 Å². The molecule has 1 aromatic carbocycles. The second-order valence-electron chi connectivity index (χ2n) is 4.47. The summed E-state index contributed by atoms with van der Waals surface area (Å²) < 4.78 is 10.8. The Balaban J connectivity index is 2.50. The van der Waals surface area contributed by atoms with E-state index < -0.39 is 6.10 Å². The lowest BCUT2D eigenvalue weighted by Gasteiger charge is -2.18. The van der Waals surface area contributed by atoms with Gasteiger partial charge in [0.25, 0.3) is 5.91 Å². The van der Waals surface area contributed by atoms with Gasteiger partial charge in [-0.3, -0.25) is 4.79 Å². The Morgan fingerprint density at radius 3 is 2.75 bits per heavy atom. The molecule has 0 aliphatic carbocycles. The Labute approximate surface area is 124 Å². The van der Waals surface area contributed by atoms with E-state index in [9.17, 15) is 4.79 Å². The molecule has 0 saturated carbocycles. The van der Waals surface area contributed by atoms with E-state index in [0.717, 1.165) is 0 Å². The predicted molar refractivity (Wildman–Crippen MR) is 81.0 cm³/mol. The van der Waals surface area contributed by atoms with Crippen LogP contribution in [0.5, 0.6) is 0 Å². The molecule has 0 aliphatic rings. The molecule has 0 spiro atoms. The first kappa shape index (κ1) is 16.8. The number of nitrogens with two attached hydrogens (primary N) is 1. The Morgan fingerprint density at radius 1 is 1.45 bits per heavy atom. The average molecular weight is 301 g/mol. The molecule has 0 heterocycles. The summed E-state index contributed by atoms with van der Waals surface area (Å²) in [6.45, 7) is 6.55. The molecule has 1 aromatic rings. The third kappa shape index (κ3) is 5.36. The molecule has 0 fully saturated rings. The molecule has 0 bridgehead atoms. The van der Waals surface area contributed by atoms with Crippen molar-refractivity contribution in [3.63, 3.8) is 0 Å². The summed E-state index contributed by atoms with van der Waals surface area (Å²) in [6.07, 6.45) is -0.728. The Bertz CT molecular complexity index is 454. The number of hydrogen-bond acceptors (Lipinski definition) is 4. The van der Waals surface area contributed by atoms with Crippen molar-refractivity contribution in [2.45, 2.75) is 33.0 Å². The lowest BCUT2D eigenvalue weighted by Crippen LogP contribution is -2.32. The highest BCUT2D eigenvalue weighted by atomic mass is 35.5. The lowest BCUT2D eigenvalue weighted by molar-refractivity contribution is -0.131. The van der Waals surface area contributed by atoms with Crippen LogP contribution in [0.2, 0.25) is 5.02 Å². The number of carbonyl (C=O) groups excluding carboxylic acids is 1. The number of nitrogens with one attached hydrogen (secondary N) is 1. The van der Waals surface area contributed by atoms with E-state index in [0.29, 0.717) is 29.6 Å². The standard InChI is InChI=1S/C14H21ClN2O3/c1-4-19-8-9(2)20-10(3)14(18)17-11-5-6-12(15)13(16)7-11/h5-7,9-10H,4,8,16H2,1-3H3,(H,17,18). The number of benzene rings is 1. The summed E-state index contributed by atoms with van der Waals surface area (Å²) in [4.78, 5) is 12.0. The Morgan fingerprint density at radius 2 is 2.15 bits per heavy atom. The molecule has 0 saturated heterocycles. The summed E-state index contributed by atoms with van der Waals surface area (Å²) >= 11 is 5.82. The molecule has 112 valence electrons. The molecular weight excluding hydrogens is 280 g/mol. The largest absolute Gasteiger partial charge is 0.397 e. The van der Waals surface area contributed by atoms with Crippen LogP contribution in [0, 0.1) is 0 Å². The molecule has 0 aromatic heterocycles. The maximum atomic E-state index is 12.0. The van der Waals surface area contributed by atoms with Crippen molar-refractivity contribution in [3.05, 3.63) is 23.2 Å². The summed E-state index contributed by atoms with van der Waals surface area (Å²) in [5.74, 6) is -0.241. The molecular formula is C14H21ClN2O3. The van der Waals surface area contributed by atoms with E-state index >= 15 is 0 Å². The summed E-state index contributed by atoms with van der Waals surface area (Å²) in [6, 6.07) is 4.93. The van der Waals surface area contributed by atoms with Crippen LogP contribution in [0.3, 0.4) is 0 Å². The van der Waals surface area contributed by atoms with Gasteiger partial charge in [0.15, 0.2) is 0 Å². The zero-order valence-corrected chi connectivity index (χ0v) is 12.7. The van der Waals surface area contributed by atoms with Gasteiger partial charge in [-0.15, -0.1) is 0 Å². The topological polar surface area (TPSA) is 73.6 Å². The third-order valence-corrected chi connectivity index (χ3v) is 2.97. The van der Waals surface area contributed by atoms with Gasteiger partial charge in [-0.2, -0.15) is 0 Å². The fourth-order valence-corrected chi connectivity index (χ4v) is 1.72. The minimum atomic E-state index is -0.581. The SMILES string of the molecule is CCOCC(C)OC(C)C(=O)Nc1ccc(Cl)c(N)c1. The maximum absolute atomic E-state index is 12.0. The summed E-state index contributed by atoms with van der Waals surface area (Å²) in [5, 5.41) is 3.18. The van der Waals surface area contributed by atoms with Crippen molar-refractivity contribution in [2.75, 3.05) is 24.3 Å². The van der Waals surface area contributed by atoms with Crippen LogP contribution >= 0.6 is 11.6 Å². The molecule has 3 N–H and O–H groups in total. The lowest BCUT2D eigenvalue weighted by atomic mass is 10.2. The van der Waals surface area contributed by atoms with Crippen LogP contribution < -0.4 is 11.1 Å². The zero-order valence-electron chi connectivity index (χ0n) is 12.0. The first-order valence-corrected chi connectivity index (χ1v) is 6.91. The Hall–Kier alpha value is -1.30. The van der Waals surface area contributed by atoms with E-state index in [2.05, 4.69) is 5.32 Å². The summed E-state index contributed by atoms with van der Waals surface area (Å²) in [5.41, 5.74) is 6.68. The minimum absolute atomic E-state index is 0.147. The fourth-order valence-electron chi connectivity index (χ4n) is 1.60. The van der Waals surface area contributed by atoms with Crippen LogP contribution in [-0.2, 0) is 14.3 Å². The van der Waals surface area contributed by atoms with Gasteiger partial charge in [0.2, 0.25) is 0 Å². The van der Waals surface area contributed by atoms with Gasteiger partial charge in [0.1, 0.15) is 6.10 Å². The molecule has 2 unspecified atom stereocenters. The van der Waals surface area contributed by atoms with Crippen LogP contribution in [0.15, 0.2) is 18.2 Å². The zero-order chi connectivity index (χ0) is 15.1. The number of halogens is 1. The predicted octanol–water partition coefficient (Wildman–Crippen LogP) is 2.69. The van der Waals surface area contributed by atoms with E-state index in [1.54, 1.807) is 25.1 Å². The highest BCUT2D eigenvalue weighted by Gasteiger charge is 2.17. The molecule has 1 rings (SSSR count). The van der Waals surface area contributed by atoms with Gasteiger partial charge < -0.3 is 20.5 Å². The first-order valence-electron chi connectivity index (χ1n) is 6.53.